The number of rotatable bonds is 10. The Morgan fingerprint density at radius 2 is 0.673 bits per heavy atom. The van der Waals surface area contributed by atoms with E-state index in [0.717, 1.165) is 25.7 Å². The Morgan fingerprint density at radius 3 is 0.962 bits per heavy atom. The molecule has 0 aromatic heterocycles. The molecular formula is C50H48N2. The summed E-state index contributed by atoms with van der Waals surface area (Å²) in [6.45, 7) is 13.4. The fourth-order valence-corrected chi connectivity index (χ4v) is 8.34. The molecule has 0 radical (unpaired) electrons. The van der Waals surface area contributed by atoms with Gasteiger partial charge in [-0.15, -0.1) is 0 Å². The van der Waals surface area contributed by atoms with Crippen LogP contribution in [-0.4, -0.2) is 0 Å². The maximum atomic E-state index is 2.49. The lowest BCUT2D eigenvalue weighted by Gasteiger charge is -2.31. The van der Waals surface area contributed by atoms with Gasteiger partial charge in [0.15, 0.2) is 0 Å². The van der Waals surface area contributed by atoms with E-state index in [1.54, 1.807) is 0 Å². The fourth-order valence-electron chi connectivity index (χ4n) is 8.34. The number of benzene rings is 8. The van der Waals surface area contributed by atoms with Crippen LogP contribution >= 0.6 is 0 Å². The van der Waals surface area contributed by atoms with Crippen molar-refractivity contribution < 1.29 is 0 Å². The summed E-state index contributed by atoms with van der Waals surface area (Å²) < 4.78 is 0. The third kappa shape index (κ3) is 5.97. The summed E-state index contributed by atoms with van der Waals surface area (Å²) in [5.74, 6) is 0. The van der Waals surface area contributed by atoms with Crippen LogP contribution in [0.3, 0.4) is 0 Å². The molecule has 2 heteroatoms. The van der Waals surface area contributed by atoms with E-state index in [9.17, 15) is 0 Å². The molecule has 8 rings (SSSR count). The molecule has 258 valence electrons. The maximum absolute atomic E-state index is 2.49. The Hall–Kier alpha value is -5.60. The summed E-state index contributed by atoms with van der Waals surface area (Å²) in [6, 6.07) is 50.4. The van der Waals surface area contributed by atoms with Crippen molar-refractivity contribution in [2.45, 2.75) is 67.2 Å². The van der Waals surface area contributed by atoms with Gasteiger partial charge < -0.3 is 9.80 Å². The van der Waals surface area contributed by atoms with Gasteiger partial charge in [-0.25, -0.2) is 0 Å². The highest BCUT2D eigenvalue weighted by molar-refractivity contribution is 6.29. The van der Waals surface area contributed by atoms with Gasteiger partial charge in [-0.05, 0) is 156 Å². The molecule has 0 atom stereocenters. The maximum Gasteiger partial charge on any atom is 0.0543 e. The Balaban J connectivity index is 1.51. The van der Waals surface area contributed by atoms with Gasteiger partial charge in [-0.3, -0.25) is 0 Å². The molecule has 0 bridgehead atoms. The molecule has 8 aromatic rings. The molecule has 52 heavy (non-hydrogen) atoms. The SMILES string of the molecule is CCCc1cc(N(c2cccc(C)c2)c2cccc(C)c2)c2ccc3c(CCC)cc(N(c4cccc(C)c4)c4cccc(C)c4)c4ccc1c2c34. The third-order valence-electron chi connectivity index (χ3n) is 10.6. The first-order chi connectivity index (χ1) is 25.3. The Bertz CT molecular complexity index is 2290. The summed E-state index contributed by atoms with van der Waals surface area (Å²) >= 11 is 0. The molecule has 0 amide bonds. The van der Waals surface area contributed by atoms with Gasteiger partial charge in [-0.2, -0.15) is 0 Å². The normalized spacial score (nSPS) is 11.6. The van der Waals surface area contributed by atoms with Crippen molar-refractivity contribution in [2.24, 2.45) is 0 Å². The highest BCUT2D eigenvalue weighted by Gasteiger charge is 2.25. The molecule has 0 aliphatic rings. The van der Waals surface area contributed by atoms with Crippen molar-refractivity contribution in [1.29, 1.82) is 0 Å². The third-order valence-corrected chi connectivity index (χ3v) is 10.6. The van der Waals surface area contributed by atoms with E-state index in [1.807, 2.05) is 0 Å². The molecule has 8 aromatic carbocycles. The number of hydrogen-bond acceptors (Lipinski definition) is 2. The van der Waals surface area contributed by atoms with Crippen molar-refractivity contribution in [3.8, 4) is 0 Å². The van der Waals surface area contributed by atoms with Crippen LogP contribution in [-0.2, 0) is 12.8 Å². The zero-order valence-corrected chi connectivity index (χ0v) is 31.4. The molecule has 0 aliphatic carbocycles. The molecule has 2 nitrogen and oxygen atoms in total. The lowest BCUT2D eigenvalue weighted by atomic mass is 9.86. The van der Waals surface area contributed by atoms with Crippen molar-refractivity contribution in [3.05, 3.63) is 167 Å². The van der Waals surface area contributed by atoms with Crippen LogP contribution < -0.4 is 9.80 Å². The Kier molecular flexibility index (Phi) is 8.93. The molecular weight excluding hydrogens is 629 g/mol. The summed E-state index contributed by atoms with van der Waals surface area (Å²) in [5, 5.41) is 8.04. The van der Waals surface area contributed by atoms with Gasteiger partial charge in [0.2, 0.25) is 0 Å². The lowest BCUT2D eigenvalue weighted by molar-refractivity contribution is 0.929. The van der Waals surface area contributed by atoms with Crippen molar-refractivity contribution in [3.63, 3.8) is 0 Å². The summed E-state index contributed by atoms with van der Waals surface area (Å²) in [4.78, 5) is 4.98. The van der Waals surface area contributed by atoms with Crippen molar-refractivity contribution in [1.82, 2.24) is 0 Å². The first kappa shape index (κ1) is 33.5. The van der Waals surface area contributed by atoms with Gasteiger partial charge >= 0.3 is 0 Å². The number of hydrogen-bond donors (Lipinski definition) is 0. The van der Waals surface area contributed by atoms with E-state index in [-0.39, 0.29) is 0 Å². The van der Waals surface area contributed by atoms with Crippen LogP contribution in [0.5, 0.6) is 0 Å². The standard InChI is InChI=1S/C50H48N2/c1-7-13-37-31-47(51(39-19-9-15-33(3)27-39)40-20-10-16-34(4)28-40)45-26-24-44-38(14-8-2)32-48(46-25-23-43(37)49(45)50(44)46)52(41-21-11-17-35(5)29-41)42-22-12-18-36(6)30-42/h9-12,15-32H,7-8,13-14H2,1-6H3. The fraction of sp³-hybridized carbons (Fsp3) is 0.200. The van der Waals surface area contributed by atoms with Gasteiger partial charge in [0.25, 0.3) is 0 Å². The van der Waals surface area contributed by atoms with E-state index >= 15 is 0 Å². The van der Waals surface area contributed by atoms with E-state index < -0.39 is 0 Å². The zero-order chi connectivity index (χ0) is 35.9. The van der Waals surface area contributed by atoms with E-state index in [1.165, 1.54) is 99.8 Å². The predicted molar refractivity (Wildman–Crippen MR) is 226 cm³/mol. The van der Waals surface area contributed by atoms with E-state index in [2.05, 4.69) is 185 Å². The van der Waals surface area contributed by atoms with Gasteiger partial charge in [0.1, 0.15) is 0 Å². The Labute approximate surface area is 309 Å². The van der Waals surface area contributed by atoms with Crippen LogP contribution in [0.15, 0.2) is 133 Å². The predicted octanol–water partition coefficient (Wildman–Crippen LogP) is 14.7. The second kappa shape index (κ2) is 13.8. The molecule has 0 saturated carbocycles. The van der Waals surface area contributed by atoms with Crippen LogP contribution in [0.1, 0.15) is 60.1 Å². The minimum atomic E-state index is 1.02. The van der Waals surface area contributed by atoms with Crippen LogP contribution in [0.2, 0.25) is 0 Å². The van der Waals surface area contributed by atoms with Crippen LogP contribution in [0, 0.1) is 27.7 Å². The smallest absolute Gasteiger partial charge is 0.0543 e. The summed E-state index contributed by atoms with van der Waals surface area (Å²) in [7, 11) is 0. The van der Waals surface area contributed by atoms with Gasteiger partial charge in [-0.1, -0.05) is 99.5 Å². The monoisotopic (exact) mass is 676 g/mol. The van der Waals surface area contributed by atoms with Gasteiger partial charge in [0, 0.05) is 33.5 Å². The lowest BCUT2D eigenvalue weighted by Crippen LogP contribution is -2.13. The number of nitrogens with zero attached hydrogens (tertiary/aromatic N) is 2. The minimum Gasteiger partial charge on any atom is -0.310 e. The largest absolute Gasteiger partial charge is 0.310 e. The highest BCUT2D eigenvalue weighted by atomic mass is 15.1. The quantitative estimate of drug-likeness (QED) is 0.133. The number of aryl methyl sites for hydroxylation is 6. The Morgan fingerprint density at radius 1 is 0.365 bits per heavy atom. The van der Waals surface area contributed by atoms with Crippen LogP contribution in [0.4, 0.5) is 34.1 Å². The first-order valence-corrected chi connectivity index (χ1v) is 19.0. The topological polar surface area (TPSA) is 6.48 Å². The molecule has 0 spiro atoms. The summed E-state index contributed by atoms with van der Waals surface area (Å²) in [6.07, 6.45) is 4.20. The molecule has 0 N–H and O–H groups in total. The molecule has 0 fully saturated rings. The average molecular weight is 677 g/mol. The molecule has 0 aliphatic heterocycles. The molecule has 0 heterocycles. The first-order valence-electron chi connectivity index (χ1n) is 19.0. The zero-order valence-electron chi connectivity index (χ0n) is 31.4. The second-order valence-corrected chi connectivity index (χ2v) is 14.7. The highest BCUT2D eigenvalue weighted by Crippen LogP contribution is 2.49. The molecule has 0 unspecified atom stereocenters. The second-order valence-electron chi connectivity index (χ2n) is 14.7. The van der Waals surface area contributed by atoms with Gasteiger partial charge in [0.05, 0.1) is 11.4 Å². The summed E-state index contributed by atoms with van der Waals surface area (Å²) in [5.41, 5.74) is 15.0. The van der Waals surface area contributed by atoms with E-state index in [4.69, 9.17) is 0 Å². The molecule has 0 saturated heterocycles. The van der Waals surface area contributed by atoms with Crippen molar-refractivity contribution in [2.75, 3.05) is 9.80 Å². The van der Waals surface area contributed by atoms with Crippen LogP contribution in [0.25, 0.3) is 32.3 Å². The van der Waals surface area contributed by atoms with E-state index in [0.29, 0.717) is 0 Å². The number of anilines is 6. The average Bonchev–Trinajstić information content (AvgIpc) is 3.13. The minimum absolute atomic E-state index is 1.02. The van der Waals surface area contributed by atoms with Crippen molar-refractivity contribution >= 4 is 66.4 Å².